The average molecular weight is 285 g/mol. The van der Waals surface area contributed by atoms with E-state index in [0.29, 0.717) is 17.5 Å². The molecule has 1 aromatic carbocycles. The quantitative estimate of drug-likeness (QED) is 0.807. The zero-order valence-electron chi connectivity index (χ0n) is 11.1. The minimum atomic E-state index is -3.07. The monoisotopic (exact) mass is 285 g/mol. The van der Waals surface area contributed by atoms with Gasteiger partial charge in [-0.1, -0.05) is 19.1 Å². The third-order valence-corrected chi connectivity index (χ3v) is 3.47. The van der Waals surface area contributed by atoms with Crippen LogP contribution in [-0.2, 0) is 15.6 Å². The molecule has 0 bridgehead atoms. The summed E-state index contributed by atoms with van der Waals surface area (Å²) in [5, 5.41) is 12.0. The minimum Gasteiger partial charge on any atom is -0.391 e. The predicted octanol–water partition coefficient (Wildman–Crippen LogP) is 0.732. The van der Waals surface area contributed by atoms with Crippen molar-refractivity contribution in [2.24, 2.45) is 0 Å². The lowest BCUT2D eigenvalue weighted by Crippen LogP contribution is -2.31. The fourth-order valence-corrected chi connectivity index (χ4v) is 2.31. The van der Waals surface area contributed by atoms with Crippen LogP contribution in [0, 0.1) is 0 Å². The maximum atomic E-state index is 11.7. The van der Waals surface area contributed by atoms with Gasteiger partial charge in [0.05, 0.1) is 11.9 Å². The number of rotatable bonds is 6. The zero-order valence-corrected chi connectivity index (χ0v) is 11.9. The molecule has 0 spiro atoms. The second-order valence-corrected chi connectivity index (χ2v) is 6.68. The van der Waals surface area contributed by atoms with E-state index in [4.69, 9.17) is 0 Å². The van der Waals surface area contributed by atoms with Crippen LogP contribution in [0.15, 0.2) is 24.3 Å². The Morgan fingerprint density at radius 1 is 1.32 bits per heavy atom. The molecule has 0 aliphatic carbocycles. The smallest absolute Gasteiger partial charge is 0.251 e. The van der Waals surface area contributed by atoms with E-state index in [9.17, 15) is 18.3 Å². The summed E-state index contributed by atoms with van der Waals surface area (Å²) in [6.07, 6.45) is 1.20. The van der Waals surface area contributed by atoms with Crippen LogP contribution >= 0.6 is 0 Å². The SMILES string of the molecule is CCC(O)CNC(=O)c1ccc(CS(C)(=O)=O)cc1. The molecule has 0 fully saturated rings. The molecule has 0 aromatic heterocycles. The number of sulfone groups is 1. The van der Waals surface area contributed by atoms with Crippen molar-refractivity contribution < 1.29 is 18.3 Å². The predicted molar refractivity (Wildman–Crippen MR) is 73.6 cm³/mol. The fourth-order valence-electron chi connectivity index (χ4n) is 1.51. The normalized spacial score (nSPS) is 13.0. The molecule has 0 radical (unpaired) electrons. The second kappa shape index (κ2) is 6.68. The van der Waals surface area contributed by atoms with Gasteiger partial charge >= 0.3 is 0 Å². The van der Waals surface area contributed by atoms with Gasteiger partial charge in [0.25, 0.3) is 5.91 Å². The van der Waals surface area contributed by atoms with Crippen LogP contribution in [0.5, 0.6) is 0 Å². The van der Waals surface area contributed by atoms with Gasteiger partial charge in [0.15, 0.2) is 9.84 Å². The lowest BCUT2D eigenvalue weighted by atomic mass is 10.1. The van der Waals surface area contributed by atoms with Crippen LogP contribution in [-0.4, -0.2) is 38.3 Å². The van der Waals surface area contributed by atoms with Gasteiger partial charge in [-0.3, -0.25) is 4.79 Å². The highest BCUT2D eigenvalue weighted by Gasteiger charge is 2.09. The molecule has 0 aliphatic heterocycles. The first kappa shape index (κ1) is 15.7. The molecule has 0 aliphatic rings. The van der Waals surface area contributed by atoms with E-state index >= 15 is 0 Å². The highest BCUT2D eigenvalue weighted by Crippen LogP contribution is 2.08. The number of carbonyl (C=O) groups excluding carboxylic acids is 1. The summed E-state index contributed by atoms with van der Waals surface area (Å²) in [6, 6.07) is 6.39. The number of amides is 1. The van der Waals surface area contributed by atoms with Crippen LogP contribution in [0.2, 0.25) is 0 Å². The highest BCUT2D eigenvalue weighted by atomic mass is 32.2. The van der Waals surface area contributed by atoms with Crippen LogP contribution in [0.3, 0.4) is 0 Å². The lowest BCUT2D eigenvalue weighted by Gasteiger charge is -2.09. The standard InChI is InChI=1S/C13H19NO4S/c1-3-12(15)8-14-13(16)11-6-4-10(5-7-11)9-19(2,17)18/h4-7,12,15H,3,8-9H2,1-2H3,(H,14,16). The van der Waals surface area contributed by atoms with Gasteiger partial charge in [0, 0.05) is 18.4 Å². The Kier molecular flexibility index (Phi) is 5.50. The summed E-state index contributed by atoms with van der Waals surface area (Å²) < 4.78 is 22.2. The van der Waals surface area contributed by atoms with Gasteiger partial charge in [-0.2, -0.15) is 0 Å². The van der Waals surface area contributed by atoms with Crippen molar-refractivity contribution in [3.8, 4) is 0 Å². The number of hydrogen-bond donors (Lipinski definition) is 2. The number of carbonyl (C=O) groups is 1. The maximum Gasteiger partial charge on any atom is 0.251 e. The van der Waals surface area contributed by atoms with Crippen molar-refractivity contribution in [1.29, 1.82) is 0 Å². The molecule has 1 rings (SSSR count). The molecule has 106 valence electrons. The maximum absolute atomic E-state index is 11.7. The number of nitrogens with one attached hydrogen (secondary N) is 1. The van der Waals surface area contributed by atoms with E-state index in [-0.39, 0.29) is 18.2 Å². The Labute approximate surface area is 113 Å². The van der Waals surface area contributed by atoms with Crippen LogP contribution in [0.1, 0.15) is 29.3 Å². The van der Waals surface area contributed by atoms with Crippen molar-refractivity contribution in [2.75, 3.05) is 12.8 Å². The van der Waals surface area contributed by atoms with Gasteiger partial charge in [-0.25, -0.2) is 8.42 Å². The lowest BCUT2D eigenvalue weighted by molar-refractivity contribution is 0.0914. The molecular formula is C13H19NO4S. The summed E-state index contributed by atoms with van der Waals surface area (Å²) >= 11 is 0. The van der Waals surface area contributed by atoms with Crippen LogP contribution < -0.4 is 5.32 Å². The van der Waals surface area contributed by atoms with Crippen LogP contribution in [0.25, 0.3) is 0 Å². The minimum absolute atomic E-state index is 0.0382. The molecule has 5 nitrogen and oxygen atoms in total. The fraction of sp³-hybridized carbons (Fsp3) is 0.462. The summed E-state index contributed by atoms with van der Waals surface area (Å²) in [4.78, 5) is 11.7. The highest BCUT2D eigenvalue weighted by molar-refractivity contribution is 7.89. The number of hydrogen-bond acceptors (Lipinski definition) is 4. The molecule has 0 saturated carbocycles. The third-order valence-electron chi connectivity index (χ3n) is 2.61. The molecule has 1 unspecified atom stereocenters. The van der Waals surface area contributed by atoms with Crippen molar-refractivity contribution >= 4 is 15.7 Å². The molecule has 6 heteroatoms. The van der Waals surface area contributed by atoms with Crippen molar-refractivity contribution in [1.82, 2.24) is 5.32 Å². The molecule has 0 saturated heterocycles. The van der Waals surface area contributed by atoms with E-state index in [2.05, 4.69) is 5.32 Å². The Balaban J connectivity index is 2.63. The first-order valence-electron chi connectivity index (χ1n) is 6.04. The largest absolute Gasteiger partial charge is 0.391 e. The van der Waals surface area contributed by atoms with Crippen molar-refractivity contribution in [3.05, 3.63) is 35.4 Å². The van der Waals surface area contributed by atoms with E-state index in [1.54, 1.807) is 24.3 Å². The molecule has 1 aromatic rings. The Morgan fingerprint density at radius 2 is 1.89 bits per heavy atom. The second-order valence-electron chi connectivity index (χ2n) is 4.54. The van der Waals surface area contributed by atoms with Gasteiger partial charge in [-0.15, -0.1) is 0 Å². The first-order valence-corrected chi connectivity index (χ1v) is 8.11. The van der Waals surface area contributed by atoms with Crippen molar-refractivity contribution in [3.63, 3.8) is 0 Å². The van der Waals surface area contributed by atoms with Gasteiger partial charge < -0.3 is 10.4 Å². The molecule has 1 amide bonds. The summed E-state index contributed by atoms with van der Waals surface area (Å²) in [5.41, 5.74) is 1.09. The van der Waals surface area contributed by atoms with E-state index < -0.39 is 15.9 Å². The van der Waals surface area contributed by atoms with Crippen molar-refractivity contribution in [2.45, 2.75) is 25.2 Å². The van der Waals surface area contributed by atoms with Crippen LogP contribution in [0.4, 0.5) is 0 Å². The summed E-state index contributed by atoms with van der Waals surface area (Å²) in [6.45, 7) is 2.04. The topological polar surface area (TPSA) is 83.5 Å². The van der Waals surface area contributed by atoms with E-state index in [0.717, 1.165) is 0 Å². The number of benzene rings is 1. The average Bonchev–Trinajstić information content (AvgIpc) is 2.34. The summed E-state index contributed by atoms with van der Waals surface area (Å²) in [5.74, 6) is -0.318. The number of aliphatic hydroxyl groups is 1. The third kappa shape index (κ3) is 5.85. The molecule has 19 heavy (non-hydrogen) atoms. The Hall–Kier alpha value is -1.40. The molecule has 0 heterocycles. The molecular weight excluding hydrogens is 266 g/mol. The summed E-state index contributed by atoms with van der Waals surface area (Å²) in [7, 11) is -3.07. The number of aliphatic hydroxyl groups excluding tert-OH is 1. The molecule has 2 N–H and O–H groups in total. The van der Waals surface area contributed by atoms with Gasteiger partial charge in [-0.05, 0) is 24.1 Å². The first-order chi connectivity index (χ1) is 8.81. The van der Waals surface area contributed by atoms with E-state index in [1.165, 1.54) is 6.26 Å². The Morgan fingerprint density at radius 3 is 2.37 bits per heavy atom. The van der Waals surface area contributed by atoms with E-state index in [1.807, 2.05) is 6.92 Å². The molecule has 1 atom stereocenters. The van der Waals surface area contributed by atoms with Gasteiger partial charge in [0.2, 0.25) is 0 Å². The van der Waals surface area contributed by atoms with Gasteiger partial charge in [0.1, 0.15) is 0 Å². The Bertz CT molecular complexity index is 522. The zero-order chi connectivity index (χ0) is 14.5.